The summed E-state index contributed by atoms with van der Waals surface area (Å²) in [6.07, 6.45) is 5.63. The SMILES string of the molecule is COc1ccc(CSC2(CC(=O)[O-])CCCCC2)cc1. The molecule has 20 heavy (non-hydrogen) atoms. The van der Waals surface area contributed by atoms with E-state index in [9.17, 15) is 9.90 Å². The lowest BCUT2D eigenvalue weighted by atomic mass is 9.86. The maximum atomic E-state index is 11.0. The largest absolute Gasteiger partial charge is 0.550 e. The van der Waals surface area contributed by atoms with Crippen LogP contribution in [0.3, 0.4) is 0 Å². The van der Waals surface area contributed by atoms with Gasteiger partial charge in [0, 0.05) is 22.9 Å². The van der Waals surface area contributed by atoms with Crippen LogP contribution in [0.4, 0.5) is 0 Å². The van der Waals surface area contributed by atoms with Gasteiger partial charge in [0.1, 0.15) is 5.75 Å². The quantitative estimate of drug-likeness (QED) is 0.809. The van der Waals surface area contributed by atoms with Crippen LogP contribution in [0.25, 0.3) is 0 Å². The summed E-state index contributed by atoms with van der Waals surface area (Å²) in [5, 5.41) is 11.0. The van der Waals surface area contributed by atoms with Crippen molar-refractivity contribution in [3.8, 4) is 5.75 Å². The van der Waals surface area contributed by atoms with Gasteiger partial charge in [-0.2, -0.15) is 0 Å². The average molecular weight is 293 g/mol. The van der Waals surface area contributed by atoms with E-state index < -0.39 is 5.97 Å². The first-order valence-electron chi connectivity index (χ1n) is 7.10. The zero-order valence-corrected chi connectivity index (χ0v) is 12.7. The molecule has 0 bridgehead atoms. The van der Waals surface area contributed by atoms with Gasteiger partial charge in [0.05, 0.1) is 7.11 Å². The molecule has 1 aliphatic rings. The second-order valence-electron chi connectivity index (χ2n) is 5.43. The van der Waals surface area contributed by atoms with Crippen molar-refractivity contribution >= 4 is 17.7 Å². The van der Waals surface area contributed by atoms with Gasteiger partial charge in [0.25, 0.3) is 0 Å². The van der Waals surface area contributed by atoms with Gasteiger partial charge in [-0.25, -0.2) is 0 Å². The molecule has 2 rings (SSSR count). The number of methoxy groups -OCH3 is 1. The van der Waals surface area contributed by atoms with E-state index in [1.165, 1.54) is 12.0 Å². The zero-order valence-electron chi connectivity index (χ0n) is 11.9. The molecule has 1 aromatic rings. The normalized spacial score (nSPS) is 17.6. The molecule has 1 aromatic carbocycles. The monoisotopic (exact) mass is 293 g/mol. The van der Waals surface area contributed by atoms with E-state index >= 15 is 0 Å². The number of rotatable bonds is 6. The Labute approximate surface area is 124 Å². The second kappa shape index (κ2) is 7.02. The number of aliphatic carboxylic acids is 1. The number of benzene rings is 1. The number of carbonyl (C=O) groups is 1. The van der Waals surface area contributed by atoms with Gasteiger partial charge < -0.3 is 14.6 Å². The van der Waals surface area contributed by atoms with Crippen molar-refractivity contribution in [3.05, 3.63) is 29.8 Å². The van der Waals surface area contributed by atoms with Crippen molar-refractivity contribution in [1.29, 1.82) is 0 Å². The minimum absolute atomic E-state index is 0.128. The van der Waals surface area contributed by atoms with Crippen LogP contribution in [-0.4, -0.2) is 17.8 Å². The number of hydrogen-bond acceptors (Lipinski definition) is 4. The van der Waals surface area contributed by atoms with Gasteiger partial charge in [0.2, 0.25) is 0 Å². The fraction of sp³-hybridized carbons (Fsp3) is 0.562. The molecule has 0 aromatic heterocycles. The summed E-state index contributed by atoms with van der Waals surface area (Å²) >= 11 is 1.78. The molecule has 0 heterocycles. The van der Waals surface area contributed by atoms with E-state index in [0.717, 1.165) is 37.2 Å². The molecule has 0 N–H and O–H groups in total. The van der Waals surface area contributed by atoms with Crippen LogP contribution in [0.1, 0.15) is 44.1 Å². The molecule has 0 saturated heterocycles. The third-order valence-electron chi connectivity index (χ3n) is 3.94. The molecule has 0 amide bonds. The highest BCUT2D eigenvalue weighted by Gasteiger charge is 2.32. The Balaban J connectivity index is 1.98. The smallest absolute Gasteiger partial charge is 0.118 e. The zero-order chi connectivity index (χ0) is 14.4. The van der Waals surface area contributed by atoms with E-state index in [-0.39, 0.29) is 11.2 Å². The minimum Gasteiger partial charge on any atom is -0.550 e. The summed E-state index contributed by atoms with van der Waals surface area (Å²) in [6, 6.07) is 7.98. The Bertz CT molecular complexity index is 436. The number of thioether (sulfide) groups is 1. The lowest BCUT2D eigenvalue weighted by molar-refractivity contribution is -0.306. The highest BCUT2D eigenvalue weighted by Crippen LogP contribution is 2.43. The second-order valence-corrected chi connectivity index (χ2v) is 6.87. The molecule has 1 saturated carbocycles. The van der Waals surface area contributed by atoms with Crippen LogP contribution in [0.5, 0.6) is 5.75 Å². The molecule has 0 aliphatic heterocycles. The number of carbonyl (C=O) groups excluding carboxylic acids is 1. The van der Waals surface area contributed by atoms with Gasteiger partial charge in [-0.3, -0.25) is 0 Å². The summed E-state index contributed by atoms with van der Waals surface area (Å²) in [5.74, 6) is 0.770. The lowest BCUT2D eigenvalue weighted by Gasteiger charge is -2.37. The van der Waals surface area contributed by atoms with Crippen molar-refractivity contribution in [2.45, 2.75) is 49.0 Å². The molecule has 0 unspecified atom stereocenters. The van der Waals surface area contributed by atoms with Crippen molar-refractivity contribution in [1.82, 2.24) is 0 Å². The molecule has 0 spiro atoms. The first-order chi connectivity index (χ1) is 9.63. The topological polar surface area (TPSA) is 49.4 Å². The third-order valence-corrected chi connectivity index (χ3v) is 5.58. The van der Waals surface area contributed by atoms with Crippen LogP contribution >= 0.6 is 11.8 Å². The molecule has 110 valence electrons. The van der Waals surface area contributed by atoms with Gasteiger partial charge in [-0.15, -0.1) is 11.8 Å². The maximum Gasteiger partial charge on any atom is 0.118 e. The summed E-state index contributed by atoms with van der Waals surface area (Å²) in [5.41, 5.74) is 1.21. The van der Waals surface area contributed by atoms with Crippen molar-refractivity contribution in [2.24, 2.45) is 0 Å². The molecule has 1 aliphatic carbocycles. The molecular formula is C16H21O3S-. The van der Waals surface area contributed by atoms with Crippen LogP contribution < -0.4 is 9.84 Å². The van der Waals surface area contributed by atoms with Crippen molar-refractivity contribution < 1.29 is 14.6 Å². The number of hydrogen-bond donors (Lipinski definition) is 0. The van der Waals surface area contributed by atoms with E-state index in [1.54, 1.807) is 18.9 Å². The molecule has 3 nitrogen and oxygen atoms in total. The van der Waals surface area contributed by atoms with Gasteiger partial charge >= 0.3 is 0 Å². The first kappa shape index (κ1) is 15.2. The van der Waals surface area contributed by atoms with Crippen LogP contribution in [0.15, 0.2) is 24.3 Å². The third kappa shape index (κ3) is 4.17. The van der Waals surface area contributed by atoms with Gasteiger partial charge in [-0.05, 0) is 30.5 Å². The van der Waals surface area contributed by atoms with Crippen LogP contribution in [0.2, 0.25) is 0 Å². The van der Waals surface area contributed by atoms with Gasteiger partial charge in [0.15, 0.2) is 0 Å². The first-order valence-corrected chi connectivity index (χ1v) is 8.09. The standard InChI is InChI=1S/C16H22O3S/c1-19-14-7-5-13(6-8-14)12-20-16(11-15(17)18)9-3-2-4-10-16/h5-8H,2-4,9-12H2,1H3,(H,17,18)/p-1. The molecular weight excluding hydrogens is 272 g/mol. The minimum atomic E-state index is -0.922. The number of ether oxygens (including phenoxy) is 1. The fourth-order valence-corrected chi connectivity index (χ4v) is 4.25. The van der Waals surface area contributed by atoms with E-state index in [2.05, 4.69) is 0 Å². The number of carboxylic acids is 1. The summed E-state index contributed by atoms with van der Waals surface area (Å²) in [4.78, 5) is 11.0. The van der Waals surface area contributed by atoms with E-state index in [0.29, 0.717) is 0 Å². The highest BCUT2D eigenvalue weighted by atomic mass is 32.2. The Morgan fingerprint density at radius 2 is 1.90 bits per heavy atom. The lowest BCUT2D eigenvalue weighted by Crippen LogP contribution is -2.36. The Kier molecular flexibility index (Phi) is 5.35. The number of carboxylic acid groups (broad SMARTS) is 1. The summed E-state index contributed by atoms with van der Waals surface area (Å²) < 4.78 is 5.02. The van der Waals surface area contributed by atoms with E-state index in [1.807, 2.05) is 24.3 Å². The van der Waals surface area contributed by atoms with Crippen LogP contribution in [0, 0.1) is 0 Å². The Morgan fingerprint density at radius 3 is 2.45 bits per heavy atom. The maximum absolute atomic E-state index is 11.0. The van der Waals surface area contributed by atoms with Crippen LogP contribution in [-0.2, 0) is 10.5 Å². The Morgan fingerprint density at radius 1 is 1.25 bits per heavy atom. The predicted octanol–water partition coefficient (Wildman–Crippen LogP) is 2.77. The average Bonchev–Trinajstić information content (AvgIpc) is 2.46. The predicted molar refractivity (Wildman–Crippen MR) is 79.7 cm³/mol. The van der Waals surface area contributed by atoms with Gasteiger partial charge in [-0.1, -0.05) is 31.4 Å². The van der Waals surface area contributed by atoms with Crippen molar-refractivity contribution in [3.63, 3.8) is 0 Å². The molecule has 0 atom stereocenters. The summed E-state index contributed by atoms with van der Waals surface area (Å²) in [6.45, 7) is 0. The Hall–Kier alpha value is -1.16. The molecule has 1 fully saturated rings. The van der Waals surface area contributed by atoms with Crippen molar-refractivity contribution in [2.75, 3.05) is 7.11 Å². The highest BCUT2D eigenvalue weighted by molar-refractivity contribution is 7.99. The fourth-order valence-electron chi connectivity index (χ4n) is 2.79. The van der Waals surface area contributed by atoms with E-state index in [4.69, 9.17) is 4.74 Å². The molecule has 0 radical (unpaired) electrons. The summed E-state index contributed by atoms with van der Waals surface area (Å²) in [7, 11) is 1.65. The molecule has 4 heteroatoms.